The maximum Gasteiger partial charge on any atom is 0.407 e. The van der Waals surface area contributed by atoms with Crippen molar-refractivity contribution in [2.45, 2.75) is 64.5 Å². The number of ether oxygens (including phenoxy) is 1. The van der Waals surface area contributed by atoms with E-state index in [2.05, 4.69) is 16.0 Å². The van der Waals surface area contributed by atoms with Crippen molar-refractivity contribution in [3.63, 3.8) is 0 Å². The van der Waals surface area contributed by atoms with E-state index >= 15 is 0 Å². The fourth-order valence-corrected chi connectivity index (χ4v) is 4.65. The minimum absolute atomic E-state index is 0.0682. The van der Waals surface area contributed by atoms with Gasteiger partial charge in [0.1, 0.15) is 17.5 Å². The summed E-state index contributed by atoms with van der Waals surface area (Å²) in [6.07, 6.45) is 3.41. The van der Waals surface area contributed by atoms with Crippen LogP contribution in [-0.2, 0) is 21.4 Å². The first-order valence-electron chi connectivity index (χ1n) is 12.4. The van der Waals surface area contributed by atoms with Gasteiger partial charge in [-0.2, -0.15) is 0 Å². The molecule has 3 N–H and O–H groups in total. The third-order valence-corrected chi connectivity index (χ3v) is 6.55. The molecular weight excluding hydrogens is 448 g/mol. The summed E-state index contributed by atoms with van der Waals surface area (Å²) in [4.78, 5) is 50.0. The van der Waals surface area contributed by atoms with E-state index < -0.39 is 12.1 Å². The van der Waals surface area contributed by atoms with Crippen LogP contribution in [0.15, 0.2) is 30.3 Å². The zero-order valence-corrected chi connectivity index (χ0v) is 20.8. The first-order valence-corrected chi connectivity index (χ1v) is 12.4. The quantitative estimate of drug-likeness (QED) is 0.424. The first kappa shape index (κ1) is 26.2. The fraction of sp³-hybridized carbons (Fsp3) is 0.538. The van der Waals surface area contributed by atoms with Crippen LogP contribution in [0.25, 0.3) is 10.9 Å². The van der Waals surface area contributed by atoms with Gasteiger partial charge >= 0.3 is 6.09 Å². The number of carbonyl (C=O) groups is 4. The summed E-state index contributed by atoms with van der Waals surface area (Å²) >= 11 is 0. The molecule has 35 heavy (non-hydrogen) atoms. The molecule has 1 aromatic heterocycles. The van der Waals surface area contributed by atoms with Crippen molar-refractivity contribution in [3.05, 3.63) is 36.0 Å². The molecule has 3 rings (SSSR count). The highest BCUT2D eigenvalue weighted by atomic mass is 16.5. The molecule has 1 saturated carbocycles. The normalized spacial score (nSPS) is 18.1. The van der Waals surface area contributed by atoms with Gasteiger partial charge in [0.15, 0.2) is 0 Å². The summed E-state index contributed by atoms with van der Waals surface area (Å²) in [5, 5.41) is 9.47. The Labute approximate surface area is 206 Å². The maximum absolute atomic E-state index is 13.2. The zero-order valence-electron chi connectivity index (χ0n) is 20.8. The largest absolute Gasteiger partial charge is 0.450 e. The van der Waals surface area contributed by atoms with Crippen LogP contribution < -0.4 is 16.0 Å². The van der Waals surface area contributed by atoms with Crippen molar-refractivity contribution in [2.75, 3.05) is 13.2 Å². The van der Waals surface area contributed by atoms with Gasteiger partial charge in [0, 0.05) is 36.5 Å². The lowest BCUT2D eigenvalue weighted by molar-refractivity contribution is -0.125. The number of Topliss-reactive ketones (excluding diaryl/α,β-unsaturated/α-hetero) is 1. The molecule has 1 heterocycles. The van der Waals surface area contributed by atoms with Crippen molar-refractivity contribution in [1.29, 1.82) is 0 Å². The molecule has 1 aliphatic carbocycles. The molecule has 0 radical (unpaired) electrons. The molecule has 0 saturated heterocycles. The van der Waals surface area contributed by atoms with E-state index in [1.54, 1.807) is 17.6 Å². The topological polar surface area (TPSA) is 119 Å². The molecule has 9 nitrogen and oxygen atoms in total. The third-order valence-electron chi connectivity index (χ3n) is 6.55. The third kappa shape index (κ3) is 6.83. The summed E-state index contributed by atoms with van der Waals surface area (Å²) in [5.41, 5.74) is 1.37. The highest BCUT2D eigenvalue weighted by molar-refractivity contribution is 6.00. The summed E-state index contributed by atoms with van der Waals surface area (Å²) in [5.74, 6) is -0.792. The van der Waals surface area contributed by atoms with E-state index in [1.165, 1.54) is 0 Å². The molecule has 1 fully saturated rings. The lowest BCUT2D eigenvalue weighted by Crippen LogP contribution is -2.51. The Hall–Kier alpha value is -3.36. The van der Waals surface area contributed by atoms with Gasteiger partial charge in [-0.05, 0) is 51.2 Å². The highest BCUT2D eigenvalue weighted by Crippen LogP contribution is 2.26. The van der Waals surface area contributed by atoms with Gasteiger partial charge in [-0.3, -0.25) is 14.4 Å². The molecule has 0 spiro atoms. The molecule has 0 unspecified atom stereocenters. The lowest BCUT2D eigenvalue weighted by Gasteiger charge is -2.24. The average Bonchev–Trinajstić information content (AvgIpc) is 3.44. The van der Waals surface area contributed by atoms with E-state index in [0.29, 0.717) is 31.7 Å². The summed E-state index contributed by atoms with van der Waals surface area (Å²) in [6.45, 7) is 4.13. The molecule has 3 amide bonds. The van der Waals surface area contributed by atoms with Crippen LogP contribution in [0.5, 0.6) is 0 Å². The van der Waals surface area contributed by atoms with Crippen LogP contribution in [0.1, 0.15) is 62.9 Å². The van der Waals surface area contributed by atoms with Crippen LogP contribution in [-0.4, -0.2) is 53.5 Å². The van der Waals surface area contributed by atoms with Crippen LogP contribution in [0, 0.1) is 5.92 Å². The Bertz CT molecular complexity index is 1060. The Morgan fingerprint density at radius 3 is 2.66 bits per heavy atom. The van der Waals surface area contributed by atoms with Gasteiger partial charge in [0.05, 0.1) is 6.61 Å². The van der Waals surface area contributed by atoms with E-state index in [4.69, 9.17) is 4.74 Å². The smallest absolute Gasteiger partial charge is 0.407 e. The monoisotopic (exact) mass is 484 g/mol. The predicted molar refractivity (Wildman–Crippen MR) is 133 cm³/mol. The van der Waals surface area contributed by atoms with Crippen LogP contribution in [0.3, 0.4) is 0 Å². The minimum atomic E-state index is -0.804. The Morgan fingerprint density at radius 2 is 1.94 bits per heavy atom. The zero-order chi connectivity index (χ0) is 25.4. The molecule has 9 heteroatoms. The second-order valence-electron chi connectivity index (χ2n) is 9.14. The van der Waals surface area contributed by atoms with E-state index in [1.807, 2.05) is 38.2 Å². The van der Waals surface area contributed by atoms with Crippen LogP contribution in [0.4, 0.5) is 4.79 Å². The highest BCUT2D eigenvalue weighted by Gasteiger charge is 2.33. The number of ketones is 1. The maximum atomic E-state index is 13.2. The van der Waals surface area contributed by atoms with Crippen molar-refractivity contribution < 1.29 is 23.9 Å². The lowest BCUT2D eigenvalue weighted by atomic mass is 9.98. The number of aromatic nitrogens is 1. The number of amides is 3. The second kappa shape index (κ2) is 12.4. The minimum Gasteiger partial charge on any atom is -0.450 e. The van der Waals surface area contributed by atoms with Gasteiger partial charge in [0.2, 0.25) is 5.91 Å². The molecule has 1 aliphatic rings. The summed E-state index contributed by atoms with van der Waals surface area (Å²) in [6, 6.07) is 8.45. The number of nitrogens with zero attached hydrogens (tertiary/aromatic N) is 1. The van der Waals surface area contributed by atoms with Crippen molar-refractivity contribution in [1.82, 2.24) is 20.5 Å². The van der Waals surface area contributed by atoms with Gasteiger partial charge < -0.3 is 25.3 Å². The van der Waals surface area contributed by atoms with Crippen molar-refractivity contribution in [3.8, 4) is 0 Å². The van der Waals surface area contributed by atoms with E-state index in [-0.39, 0.29) is 29.6 Å². The van der Waals surface area contributed by atoms with Gasteiger partial charge in [-0.15, -0.1) is 0 Å². The Balaban J connectivity index is 1.67. The number of hydrogen-bond donors (Lipinski definition) is 3. The second-order valence-corrected chi connectivity index (χ2v) is 9.14. The SMILES string of the molecule is CCCOC(=O)NCCC[C@H](NC(=O)c1cc2ccccc2n1C)C(=O)N[C@H]1CCC[C@H]1C(C)=O. The molecular formula is C26H36N4O5. The summed E-state index contributed by atoms with van der Waals surface area (Å²) < 4.78 is 6.80. The predicted octanol–water partition coefficient (Wildman–Crippen LogP) is 3.07. The number of rotatable bonds is 11. The van der Waals surface area contributed by atoms with Gasteiger partial charge in [0.25, 0.3) is 5.91 Å². The number of carbonyl (C=O) groups excluding carboxylic acids is 4. The number of nitrogens with one attached hydrogen (secondary N) is 3. The Kier molecular flexibility index (Phi) is 9.28. The number of alkyl carbamates (subject to hydrolysis) is 1. The molecule has 2 aromatic rings. The molecule has 0 bridgehead atoms. The van der Waals surface area contributed by atoms with Gasteiger partial charge in [-0.25, -0.2) is 4.79 Å². The number of para-hydroxylation sites is 1. The number of fused-ring (bicyclic) bond motifs is 1. The summed E-state index contributed by atoms with van der Waals surface area (Å²) in [7, 11) is 1.81. The van der Waals surface area contributed by atoms with Crippen LogP contribution >= 0.6 is 0 Å². The molecule has 3 atom stereocenters. The number of aryl methyl sites for hydroxylation is 1. The first-order chi connectivity index (χ1) is 16.8. The molecule has 0 aliphatic heterocycles. The van der Waals surface area contributed by atoms with E-state index in [9.17, 15) is 19.2 Å². The van der Waals surface area contributed by atoms with Crippen molar-refractivity contribution >= 4 is 34.6 Å². The number of benzene rings is 1. The van der Waals surface area contributed by atoms with Crippen molar-refractivity contribution in [2.24, 2.45) is 13.0 Å². The standard InChI is InChI=1S/C26H36N4O5/c1-4-15-35-26(34)27-14-8-12-21(24(32)28-20-11-7-10-19(20)17(2)31)29-25(33)23-16-18-9-5-6-13-22(18)30(23)3/h5-6,9,13,16,19-21H,4,7-8,10-12,14-15H2,1-3H3,(H,27,34)(H,28,32)(H,29,33)/t19-,20-,21-/m0/s1. The molecule has 190 valence electrons. The number of hydrogen-bond acceptors (Lipinski definition) is 5. The van der Waals surface area contributed by atoms with Crippen LogP contribution in [0.2, 0.25) is 0 Å². The average molecular weight is 485 g/mol. The molecule has 1 aromatic carbocycles. The van der Waals surface area contributed by atoms with E-state index in [0.717, 1.165) is 36.6 Å². The van der Waals surface area contributed by atoms with Gasteiger partial charge in [-0.1, -0.05) is 31.5 Å². The fourth-order valence-electron chi connectivity index (χ4n) is 4.65. The Morgan fingerprint density at radius 1 is 1.17 bits per heavy atom.